The van der Waals surface area contributed by atoms with E-state index in [0.29, 0.717) is 57.5 Å². The van der Waals surface area contributed by atoms with E-state index in [1.54, 1.807) is 13.8 Å². The molecule has 0 radical (unpaired) electrons. The topological polar surface area (TPSA) is 206 Å². The number of para-hydroxylation sites is 2. The van der Waals surface area contributed by atoms with Gasteiger partial charge in [0.25, 0.3) is 0 Å². The first-order chi connectivity index (χ1) is 41.4. The fraction of sp³-hybridized carbons (Fsp3) is 0.623. The number of nitrogens with one attached hydrogen (secondary N) is 2. The van der Waals surface area contributed by atoms with Crippen molar-refractivity contribution in [1.82, 2.24) is 15.5 Å². The van der Waals surface area contributed by atoms with Gasteiger partial charge >= 0.3 is 24.1 Å². The predicted octanol–water partition coefficient (Wildman–Crippen LogP) is 12.7. The number of esters is 2. The van der Waals surface area contributed by atoms with Crippen molar-refractivity contribution in [3.05, 3.63) is 109 Å². The summed E-state index contributed by atoms with van der Waals surface area (Å²) in [6.07, 6.45) is 3.69. The number of hydrogen-bond donors (Lipinski definition) is 2. The lowest BCUT2D eigenvalue weighted by Gasteiger charge is -2.39. The normalized spacial score (nSPS) is 13.5. The zero-order chi connectivity index (χ0) is 65.4. The molecule has 0 saturated heterocycles. The van der Waals surface area contributed by atoms with Crippen LogP contribution in [-0.4, -0.2) is 156 Å². The minimum absolute atomic E-state index is 0.000481. The Morgan fingerprint density at radius 3 is 1.34 bits per heavy atom. The zero-order valence-electron chi connectivity index (χ0n) is 55.7. The first-order valence-corrected chi connectivity index (χ1v) is 31.0. The van der Waals surface area contributed by atoms with Gasteiger partial charge in [0.15, 0.2) is 0 Å². The van der Waals surface area contributed by atoms with Gasteiger partial charge in [0.2, 0.25) is 0 Å². The second kappa shape index (κ2) is 38.2. The van der Waals surface area contributed by atoms with E-state index < -0.39 is 46.7 Å². The lowest BCUT2D eigenvalue weighted by atomic mass is 9.91. The minimum Gasteiger partial charge on any atom is -0.493 e. The number of amides is 2. The highest BCUT2D eigenvalue weighted by Crippen LogP contribution is 2.29. The van der Waals surface area contributed by atoms with Crippen molar-refractivity contribution in [3.8, 4) is 23.0 Å². The Balaban J connectivity index is 1.34. The number of unbranched alkanes of at least 4 members (excludes halogenated alkanes) is 1. The van der Waals surface area contributed by atoms with Gasteiger partial charge in [-0.05, 0) is 171 Å². The number of benzene rings is 3. The van der Waals surface area contributed by atoms with E-state index in [-0.39, 0.29) is 86.7 Å². The molecule has 0 spiro atoms. The molecule has 0 aliphatic carbocycles. The van der Waals surface area contributed by atoms with Crippen molar-refractivity contribution in [2.75, 3.05) is 92.8 Å². The molecular formula is C69H107N3O16. The molecule has 0 fully saturated rings. The molecule has 19 nitrogen and oxygen atoms in total. The van der Waals surface area contributed by atoms with Crippen molar-refractivity contribution < 1.29 is 76.0 Å². The minimum atomic E-state index is -0.994. The quantitative estimate of drug-likeness (QED) is 0.0177. The van der Waals surface area contributed by atoms with Gasteiger partial charge in [0.05, 0.1) is 81.9 Å². The molecule has 0 aliphatic heterocycles. The van der Waals surface area contributed by atoms with Crippen LogP contribution in [0.25, 0.3) is 0 Å². The molecule has 0 bridgehead atoms. The number of alkyl carbamates (subject to hydrolysis) is 2. The third-order valence-electron chi connectivity index (χ3n) is 15.3. The number of ether oxygens (including phenoxy) is 12. The Morgan fingerprint density at radius 2 is 0.909 bits per heavy atom. The van der Waals surface area contributed by atoms with Crippen molar-refractivity contribution in [2.45, 2.75) is 170 Å². The summed E-state index contributed by atoms with van der Waals surface area (Å²) >= 11 is 0. The van der Waals surface area contributed by atoms with Crippen LogP contribution in [0.1, 0.15) is 135 Å². The van der Waals surface area contributed by atoms with Crippen molar-refractivity contribution >= 4 is 24.1 Å². The fourth-order valence-corrected chi connectivity index (χ4v) is 8.41. The Morgan fingerprint density at radius 1 is 0.500 bits per heavy atom. The molecular weight excluding hydrogens is 1130 g/mol. The second-order valence-electron chi connectivity index (χ2n) is 25.2. The van der Waals surface area contributed by atoms with Crippen molar-refractivity contribution in [3.63, 3.8) is 0 Å². The highest BCUT2D eigenvalue weighted by molar-refractivity contribution is 5.87. The van der Waals surface area contributed by atoms with Gasteiger partial charge in [-0.15, -0.1) is 0 Å². The molecule has 3 aromatic carbocycles. The number of rotatable bonds is 45. The number of carbonyl (C=O) groups is 4. The fourth-order valence-electron chi connectivity index (χ4n) is 8.41. The van der Waals surface area contributed by atoms with Gasteiger partial charge in [0, 0.05) is 43.7 Å². The molecule has 2 N–H and O–H groups in total. The van der Waals surface area contributed by atoms with E-state index in [0.717, 1.165) is 43.6 Å². The highest BCUT2D eigenvalue weighted by Gasteiger charge is 2.38. The number of carbonyl (C=O) groups excluding carboxylic acids is 4. The molecule has 0 aliphatic rings. The zero-order valence-corrected chi connectivity index (χ0v) is 55.7. The third-order valence-corrected chi connectivity index (χ3v) is 15.3. The summed E-state index contributed by atoms with van der Waals surface area (Å²) in [5.41, 5.74) is -2.83. The van der Waals surface area contributed by atoms with E-state index >= 15 is 0 Å². The Hall–Kier alpha value is -6.38. The summed E-state index contributed by atoms with van der Waals surface area (Å²) in [5, 5.41) is 5.30. The molecule has 2 amide bonds. The standard InChI is InChI=1S/C69H107N3O16/c1-51(2)61(73)79-45-38-70-63(75)87-67(11,12)55(48-82-57-28-20-18-21-29-57)47-81-54(6)53(5)27-24-25-41-84-65(7,8)36-43-77-59-32-34-60(35-33-59)78-44-37-66(9,10)85-42-26-40-72(17)69(15,16)86-50-56(49-83-58-30-22-19-23-31-58)68(13,14)88-64(76)71-39-46-80-62(74)52(3)4/h18-23,28-35,53-56H,1,3,24-27,36-50H2,2,4-17H3,(H,70,75)(H,71,76). The van der Waals surface area contributed by atoms with Gasteiger partial charge < -0.3 is 67.5 Å². The van der Waals surface area contributed by atoms with E-state index in [2.05, 4.69) is 70.2 Å². The van der Waals surface area contributed by atoms with Crippen LogP contribution in [0.4, 0.5) is 9.59 Å². The average Bonchev–Trinajstić information content (AvgIpc) is 3.17. The number of hydrogen-bond acceptors (Lipinski definition) is 17. The van der Waals surface area contributed by atoms with Gasteiger partial charge in [-0.3, -0.25) is 4.90 Å². The lowest BCUT2D eigenvalue weighted by molar-refractivity contribution is -0.155. The SMILES string of the molecule is C=C(C)C(=O)OCCNC(=O)OC(C)(C)C(COc1ccccc1)COC(C)C(C)CCCCOC(C)(C)CCOc1ccc(OCCC(C)(C)OCCCN(C)C(C)(C)OCC(COc2ccccc2)C(C)(C)OC(=O)NCCOC(=O)C(=C)C)cc1. The maximum atomic E-state index is 12.8. The van der Waals surface area contributed by atoms with Gasteiger partial charge in [0.1, 0.15) is 53.1 Å². The van der Waals surface area contributed by atoms with Crippen LogP contribution in [0.15, 0.2) is 109 Å². The molecule has 0 aromatic heterocycles. The molecule has 0 heterocycles. The van der Waals surface area contributed by atoms with Crippen LogP contribution in [-0.2, 0) is 47.5 Å². The molecule has 3 rings (SSSR count). The van der Waals surface area contributed by atoms with Gasteiger partial charge in [-0.25, -0.2) is 19.2 Å². The monoisotopic (exact) mass is 1230 g/mol. The van der Waals surface area contributed by atoms with Crippen LogP contribution < -0.4 is 29.6 Å². The first-order valence-electron chi connectivity index (χ1n) is 31.0. The van der Waals surface area contributed by atoms with Crippen LogP contribution in [0.3, 0.4) is 0 Å². The summed E-state index contributed by atoms with van der Waals surface area (Å²) in [5.74, 6) is 1.49. The van der Waals surface area contributed by atoms with Crippen LogP contribution in [0.5, 0.6) is 23.0 Å². The first kappa shape index (κ1) is 75.9. The number of nitrogens with zero attached hydrogens (tertiary/aromatic N) is 1. The Bertz CT molecular complexity index is 2520. The smallest absolute Gasteiger partial charge is 0.407 e. The summed E-state index contributed by atoms with van der Waals surface area (Å²) in [4.78, 5) is 51.2. The summed E-state index contributed by atoms with van der Waals surface area (Å²) in [7, 11) is 2.01. The molecule has 88 heavy (non-hydrogen) atoms. The van der Waals surface area contributed by atoms with Crippen molar-refractivity contribution in [2.24, 2.45) is 17.8 Å². The van der Waals surface area contributed by atoms with E-state index in [4.69, 9.17) is 56.8 Å². The largest absolute Gasteiger partial charge is 0.493 e. The maximum absolute atomic E-state index is 12.8. The van der Waals surface area contributed by atoms with Crippen LogP contribution >= 0.6 is 0 Å². The summed E-state index contributed by atoms with van der Waals surface area (Å²) < 4.78 is 72.0. The molecule has 494 valence electrons. The molecule has 0 saturated carbocycles. The summed E-state index contributed by atoms with van der Waals surface area (Å²) in [6.45, 7) is 38.3. The van der Waals surface area contributed by atoms with Crippen molar-refractivity contribution in [1.29, 1.82) is 0 Å². The second-order valence-corrected chi connectivity index (χ2v) is 25.2. The molecule has 4 unspecified atom stereocenters. The maximum Gasteiger partial charge on any atom is 0.407 e. The molecule has 3 aromatic rings. The van der Waals surface area contributed by atoms with E-state index in [1.165, 1.54) is 0 Å². The molecule has 19 heteroatoms. The van der Waals surface area contributed by atoms with Gasteiger partial charge in [-0.2, -0.15) is 0 Å². The molecule has 4 atom stereocenters. The summed E-state index contributed by atoms with van der Waals surface area (Å²) in [6, 6.07) is 26.6. The van der Waals surface area contributed by atoms with E-state index in [1.807, 2.05) is 134 Å². The van der Waals surface area contributed by atoms with Crippen LogP contribution in [0, 0.1) is 17.8 Å². The highest BCUT2D eigenvalue weighted by atomic mass is 16.6. The Kier molecular flexibility index (Phi) is 33.0. The van der Waals surface area contributed by atoms with Crippen LogP contribution in [0.2, 0.25) is 0 Å². The lowest BCUT2D eigenvalue weighted by Crippen LogP contribution is -2.49. The average molecular weight is 1230 g/mol. The Labute approximate surface area is 526 Å². The van der Waals surface area contributed by atoms with E-state index in [9.17, 15) is 19.2 Å². The van der Waals surface area contributed by atoms with Gasteiger partial charge in [-0.1, -0.05) is 62.9 Å². The predicted molar refractivity (Wildman–Crippen MR) is 342 cm³/mol. The third kappa shape index (κ3) is 31.2.